The maximum absolute atomic E-state index is 12.1. The molecular weight excluding hydrogens is 373 g/mol. The largest absolute Gasteiger partial charge is 0.405 e. The van der Waals surface area contributed by atoms with E-state index in [9.17, 15) is 9.59 Å². The van der Waals surface area contributed by atoms with Gasteiger partial charge in [0, 0.05) is 9.26 Å². The summed E-state index contributed by atoms with van der Waals surface area (Å²) in [4.78, 5) is 24.2. The van der Waals surface area contributed by atoms with Crippen LogP contribution in [-0.4, -0.2) is 18.4 Å². The van der Waals surface area contributed by atoms with Gasteiger partial charge in [0.1, 0.15) is 0 Å². The second-order valence-electron chi connectivity index (χ2n) is 4.58. The smallest absolute Gasteiger partial charge is 0.329 e. The molecule has 0 aliphatic carbocycles. The molecule has 1 aliphatic heterocycles. The summed E-state index contributed by atoms with van der Waals surface area (Å²) in [7, 11) is 0. The molecule has 1 aromatic rings. The Labute approximate surface area is 131 Å². The van der Waals surface area contributed by atoms with Crippen molar-refractivity contribution in [2.45, 2.75) is 33.1 Å². The molecule has 0 radical (unpaired) electrons. The van der Waals surface area contributed by atoms with E-state index in [1.807, 2.05) is 24.3 Å². The summed E-state index contributed by atoms with van der Waals surface area (Å²) < 4.78 is 11.5. The van der Waals surface area contributed by atoms with Crippen LogP contribution in [0.4, 0.5) is 5.69 Å². The fourth-order valence-electron chi connectivity index (χ4n) is 2.10. The lowest BCUT2D eigenvalue weighted by Crippen LogP contribution is -2.51. The average molecular weight is 389 g/mol. The topological polar surface area (TPSA) is 64.6 Å². The maximum Gasteiger partial charge on any atom is 0.329 e. The molecule has 0 bridgehead atoms. The molecule has 1 aromatic carbocycles. The SMILES string of the molecule is CCC1(CC)C(=O)OC(Nc2ccc(I)cc2)OC1=O. The first-order valence-corrected chi connectivity index (χ1v) is 7.54. The summed E-state index contributed by atoms with van der Waals surface area (Å²) in [5, 5.41) is 2.87. The van der Waals surface area contributed by atoms with Crippen LogP contribution < -0.4 is 5.32 Å². The minimum absolute atomic E-state index is 0.372. The minimum atomic E-state index is -1.16. The third-order valence-corrected chi connectivity index (χ3v) is 4.26. The highest BCUT2D eigenvalue weighted by Gasteiger charge is 2.51. The third-order valence-electron chi connectivity index (χ3n) is 3.55. The van der Waals surface area contributed by atoms with Gasteiger partial charge in [-0.15, -0.1) is 0 Å². The van der Waals surface area contributed by atoms with E-state index in [4.69, 9.17) is 9.47 Å². The minimum Gasteiger partial charge on any atom is -0.405 e. The van der Waals surface area contributed by atoms with Crippen molar-refractivity contribution in [1.82, 2.24) is 0 Å². The molecule has 1 aliphatic rings. The zero-order chi connectivity index (χ0) is 14.8. The number of hydrogen-bond acceptors (Lipinski definition) is 5. The average Bonchev–Trinajstić information content (AvgIpc) is 2.42. The molecule has 2 rings (SSSR count). The quantitative estimate of drug-likeness (QED) is 0.488. The Hall–Kier alpha value is -1.31. The summed E-state index contributed by atoms with van der Waals surface area (Å²) >= 11 is 2.19. The predicted octanol–water partition coefficient (Wildman–Crippen LogP) is 2.89. The molecule has 6 heteroatoms. The molecule has 1 saturated heterocycles. The number of anilines is 1. The van der Waals surface area contributed by atoms with Crippen LogP contribution in [0.3, 0.4) is 0 Å². The van der Waals surface area contributed by atoms with Gasteiger partial charge in [0.25, 0.3) is 0 Å². The van der Waals surface area contributed by atoms with E-state index in [1.165, 1.54) is 0 Å². The van der Waals surface area contributed by atoms with Gasteiger partial charge in [0.05, 0.1) is 0 Å². The van der Waals surface area contributed by atoms with Gasteiger partial charge in [-0.3, -0.25) is 9.59 Å². The van der Waals surface area contributed by atoms with E-state index in [-0.39, 0.29) is 0 Å². The van der Waals surface area contributed by atoms with Gasteiger partial charge in [0.2, 0.25) is 0 Å². The maximum atomic E-state index is 12.1. The molecule has 108 valence electrons. The van der Waals surface area contributed by atoms with Crippen molar-refractivity contribution < 1.29 is 19.1 Å². The Kier molecular flexibility index (Phi) is 4.52. The van der Waals surface area contributed by atoms with E-state index >= 15 is 0 Å². The van der Waals surface area contributed by atoms with Crippen LogP contribution in [0.2, 0.25) is 0 Å². The first kappa shape index (κ1) is 15.1. The first-order valence-electron chi connectivity index (χ1n) is 6.46. The van der Waals surface area contributed by atoms with Crippen molar-refractivity contribution in [2.24, 2.45) is 5.41 Å². The molecule has 1 N–H and O–H groups in total. The Morgan fingerprint density at radius 1 is 1.10 bits per heavy atom. The predicted molar refractivity (Wildman–Crippen MR) is 81.8 cm³/mol. The number of rotatable bonds is 4. The van der Waals surface area contributed by atoms with Gasteiger partial charge < -0.3 is 14.8 Å². The van der Waals surface area contributed by atoms with Crippen LogP contribution >= 0.6 is 22.6 Å². The van der Waals surface area contributed by atoms with Crippen molar-refractivity contribution in [3.63, 3.8) is 0 Å². The molecule has 0 saturated carbocycles. The van der Waals surface area contributed by atoms with Crippen molar-refractivity contribution in [3.05, 3.63) is 27.8 Å². The van der Waals surface area contributed by atoms with E-state index in [0.717, 1.165) is 9.26 Å². The fraction of sp³-hybridized carbons (Fsp3) is 0.429. The second kappa shape index (κ2) is 5.99. The van der Waals surface area contributed by atoms with Gasteiger partial charge in [-0.1, -0.05) is 13.8 Å². The first-order chi connectivity index (χ1) is 9.51. The van der Waals surface area contributed by atoms with Gasteiger partial charge in [-0.05, 0) is 59.7 Å². The van der Waals surface area contributed by atoms with E-state index < -0.39 is 23.8 Å². The third kappa shape index (κ3) is 2.74. The molecule has 5 nitrogen and oxygen atoms in total. The molecule has 0 unspecified atom stereocenters. The zero-order valence-corrected chi connectivity index (χ0v) is 13.5. The zero-order valence-electron chi connectivity index (χ0n) is 11.3. The standard InChI is InChI=1S/C14H16INO4/c1-3-14(4-2)11(17)19-13(20-12(14)18)16-10-7-5-9(15)6-8-10/h5-8,13,16H,3-4H2,1-2H3. The molecule has 0 atom stereocenters. The van der Waals surface area contributed by atoms with E-state index in [2.05, 4.69) is 27.9 Å². The summed E-state index contributed by atoms with van der Waals surface area (Å²) in [6, 6.07) is 7.45. The molecule has 0 amide bonds. The highest BCUT2D eigenvalue weighted by molar-refractivity contribution is 14.1. The number of cyclic esters (lactones) is 2. The number of esters is 2. The Morgan fingerprint density at radius 2 is 1.60 bits per heavy atom. The lowest BCUT2D eigenvalue weighted by atomic mass is 9.82. The van der Waals surface area contributed by atoms with Crippen LogP contribution in [0.15, 0.2) is 24.3 Å². The van der Waals surface area contributed by atoms with Crippen LogP contribution in [0.5, 0.6) is 0 Å². The number of carbonyl (C=O) groups is 2. The highest BCUT2D eigenvalue weighted by Crippen LogP contribution is 2.34. The summed E-state index contributed by atoms with van der Waals surface area (Å²) in [6.07, 6.45) is -0.323. The molecule has 1 heterocycles. The van der Waals surface area contributed by atoms with Crippen molar-refractivity contribution in [2.75, 3.05) is 5.32 Å². The molecule has 0 spiro atoms. The van der Waals surface area contributed by atoms with Gasteiger partial charge in [0.15, 0.2) is 5.41 Å². The van der Waals surface area contributed by atoms with Crippen LogP contribution in [0.25, 0.3) is 0 Å². The fourth-order valence-corrected chi connectivity index (χ4v) is 2.46. The van der Waals surface area contributed by atoms with Crippen molar-refractivity contribution in [3.8, 4) is 0 Å². The Bertz CT molecular complexity index is 490. The number of benzene rings is 1. The number of hydrogen-bond donors (Lipinski definition) is 1. The van der Waals surface area contributed by atoms with E-state index in [0.29, 0.717) is 12.8 Å². The number of halogens is 1. The monoisotopic (exact) mass is 389 g/mol. The van der Waals surface area contributed by atoms with Crippen LogP contribution in [-0.2, 0) is 19.1 Å². The molecule has 1 fully saturated rings. The number of nitrogens with one attached hydrogen (secondary N) is 1. The highest BCUT2D eigenvalue weighted by atomic mass is 127. The number of ether oxygens (including phenoxy) is 2. The summed E-state index contributed by atoms with van der Waals surface area (Å²) in [6.45, 7) is 3.55. The molecular formula is C14H16INO4. The van der Waals surface area contributed by atoms with E-state index in [1.54, 1.807) is 13.8 Å². The normalized spacial score (nSPS) is 18.4. The van der Waals surface area contributed by atoms with Crippen LogP contribution in [0, 0.1) is 8.99 Å². The molecule has 0 aromatic heterocycles. The second-order valence-corrected chi connectivity index (χ2v) is 5.83. The lowest BCUT2D eigenvalue weighted by Gasteiger charge is -2.35. The summed E-state index contributed by atoms with van der Waals surface area (Å²) in [5.41, 5.74) is -0.443. The van der Waals surface area contributed by atoms with Crippen molar-refractivity contribution in [1.29, 1.82) is 0 Å². The van der Waals surface area contributed by atoms with Gasteiger partial charge >= 0.3 is 18.4 Å². The van der Waals surface area contributed by atoms with Gasteiger partial charge in [-0.25, -0.2) is 0 Å². The van der Waals surface area contributed by atoms with Gasteiger partial charge in [-0.2, -0.15) is 0 Å². The summed E-state index contributed by atoms with van der Waals surface area (Å²) in [5.74, 6) is -1.05. The lowest BCUT2D eigenvalue weighted by molar-refractivity contribution is -0.219. The van der Waals surface area contributed by atoms with Crippen molar-refractivity contribution >= 4 is 40.2 Å². The Balaban J connectivity index is 2.09. The number of carbonyl (C=O) groups excluding carboxylic acids is 2. The Morgan fingerprint density at radius 3 is 2.05 bits per heavy atom. The van der Waals surface area contributed by atoms with Crippen LogP contribution in [0.1, 0.15) is 26.7 Å². The molecule has 20 heavy (non-hydrogen) atoms.